The number of allylic oxidation sites excluding steroid dienone is 1. The fourth-order valence-corrected chi connectivity index (χ4v) is 4.10. The van der Waals surface area contributed by atoms with Crippen molar-refractivity contribution in [2.24, 2.45) is 0 Å². The zero-order valence-corrected chi connectivity index (χ0v) is 15.3. The second-order valence-corrected chi connectivity index (χ2v) is 11.4. The van der Waals surface area contributed by atoms with Crippen LogP contribution >= 0.6 is 11.6 Å². The van der Waals surface area contributed by atoms with Gasteiger partial charge in [-0.05, 0) is 61.8 Å². The van der Waals surface area contributed by atoms with Crippen LogP contribution in [0.3, 0.4) is 0 Å². The lowest BCUT2D eigenvalue weighted by molar-refractivity contribution is -0.118. The van der Waals surface area contributed by atoms with E-state index in [1.165, 1.54) is 0 Å². The van der Waals surface area contributed by atoms with Gasteiger partial charge in [-0.1, -0.05) is 12.1 Å². The predicted octanol–water partition coefficient (Wildman–Crippen LogP) is 4.27. The third-order valence-corrected chi connectivity index (χ3v) is 5.04. The van der Waals surface area contributed by atoms with E-state index in [0.717, 1.165) is 23.3 Å². The molecule has 0 N–H and O–H groups in total. The first-order valence-corrected chi connectivity index (χ1v) is 11.4. The van der Waals surface area contributed by atoms with Crippen molar-refractivity contribution in [1.29, 1.82) is 0 Å². The molecular formula is C17H23ClO3Si. The maximum absolute atomic E-state index is 12.5. The molecule has 0 saturated heterocycles. The fraction of sp³-hybridized carbons (Fsp3) is 0.471. The lowest BCUT2D eigenvalue weighted by atomic mass is 9.89. The Balaban J connectivity index is 2.11. The number of carbonyl (C=O) groups is 1. The Kier molecular flexibility index (Phi) is 5.48. The first-order chi connectivity index (χ1) is 10.3. The highest BCUT2D eigenvalue weighted by Gasteiger charge is 2.36. The van der Waals surface area contributed by atoms with Crippen LogP contribution < -0.4 is 4.74 Å². The molecule has 2 rings (SSSR count). The number of carbonyl (C=O) groups excluding carboxylic acids is 1. The van der Waals surface area contributed by atoms with Crippen molar-refractivity contribution in [3.63, 3.8) is 0 Å². The van der Waals surface area contributed by atoms with Gasteiger partial charge in [-0.3, -0.25) is 4.79 Å². The molecule has 2 unspecified atom stereocenters. The maximum atomic E-state index is 12.5. The largest absolute Gasteiger partial charge is 0.497 e. The Hall–Kier alpha value is -1.10. The number of hydrogen-bond acceptors (Lipinski definition) is 3. The lowest BCUT2D eigenvalue weighted by Gasteiger charge is -2.33. The molecule has 0 heterocycles. The van der Waals surface area contributed by atoms with Crippen LogP contribution in [0.2, 0.25) is 19.6 Å². The molecule has 22 heavy (non-hydrogen) atoms. The van der Waals surface area contributed by atoms with Gasteiger partial charge in [-0.15, -0.1) is 11.6 Å². The van der Waals surface area contributed by atoms with E-state index >= 15 is 0 Å². The van der Waals surface area contributed by atoms with Crippen LogP contribution in [0.15, 0.2) is 29.8 Å². The summed E-state index contributed by atoms with van der Waals surface area (Å²) < 4.78 is 11.2. The normalized spacial score (nSPS) is 24.6. The van der Waals surface area contributed by atoms with E-state index in [0.29, 0.717) is 6.42 Å². The summed E-state index contributed by atoms with van der Waals surface area (Å²) in [7, 11) is -0.0589. The molecule has 2 atom stereocenters. The summed E-state index contributed by atoms with van der Waals surface area (Å²) in [6, 6.07) is 7.64. The molecule has 1 fully saturated rings. The van der Waals surface area contributed by atoms with E-state index in [9.17, 15) is 4.79 Å². The second-order valence-electron chi connectivity index (χ2n) is 6.52. The van der Waals surface area contributed by atoms with E-state index < -0.39 is 13.7 Å². The minimum atomic E-state index is -1.69. The van der Waals surface area contributed by atoms with Crippen LogP contribution in [0.5, 0.6) is 5.75 Å². The molecule has 1 aromatic carbocycles. The number of benzene rings is 1. The van der Waals surface area contributed by atoms with Crippen LogP contribution in [0.1, 0.15) is 18.4 Å². The van der Waals surface area contributed by atoms with E-state index in [-0.39, 0.29) is 11.9 Å². The predicted molar refractivity (Wildman–Crippen MR) is 93.1 cm³/mol. The zero-order valence-electron chi connectivity index (χ0n) is 13.6. The van der Waals surface area contributed by atoms with E-state index in [4.69, 9.17) is 20.8 Å². The Morgan fingerprint density at radius 2 is 1.86 bits per heavy atom. The van der Waals surface area contributed by atoms with Gasteiger partial charge >= 0.3 is 0 Å². The van der Waals surface area contributed by atoms with Gasteiger partial charge in [-0.2, -0.15) is 0 Å². The van der Waals surface area contributed by atoms with Crippen LogP contribution in [0.4, 0.5) is 0 Å². The molecule has 0 aliphatic heterocycles. The highest BCUT2D eigenvalue weighted by molar-refractivity contribution is 6.69. The number of halogens is 1. The third-order valence-electron chi connectivity index (χ3n) is 3.55. The van der Waals surface area contributed by atoms with Crippen molar-refractivity contribution < 1.29 is 14.0 Å². The maximum Gasteiger partial charge on any atom is 0.184 e. The molecule has 5 heteroatoms. The van der Waals surface area contributed by atoms with Crippen molar-refractivity contribution in [2.45, 2.75) is 44.0 Å². The molecule has 0 bridgehead atoms. The van der Waals surface area contributed by atoms with Crippen molar-refractivity contribution in [3.8, 4) is 5.75 Å². The van der Waals surface area contributed by atoms with Gasteiger partial charge in [-0.25, -0.2) is 0 Å². The lowest BCUT2D eigenvalue weighted by Crippen LogP contribution is -2.43. The average molecular weight is 339 g/mol. The number of methoxy groups -OCH3 is 1. The summed E-state index contributed by atoms with van der Waals surface area (Å²) in [5, 5.41) is -0.579. The molecule has 0 radical (unpaired) electrons. The molecule has 0 spiro atoms. The molecule has 1 aliphatic rings. The minimum absolute atomic E-state index is 0.00742. The highest BCUT2D eigenvalue weighted by Crippen LogP contribution is 2.30. The third kappa shape index (κ3) is 4.45. The molecule has 0 aromatic heterocycles. The minimum Gasteiger partial charge on any atom is -0.497 e. The molecule has 0 amide bonds. The highest BCUT2D eigenvalue weighted by atomic mass is 35.5. The number of alkyl halides is 1. The second kappa shape index (κ2) is 6.98. The number of ether oxygens (including phenoxy) is 1. The first-order valence-electron chi connectivity index (χ1n) is 7.51. The fourth-order valence-electron chi connectivity index (χ4n) is 2.53. The van der Waals surface area contributed by atoms with Crippen LogP contribution in [0, 0.1) is 0 Å². The summed E-state index contributed by atoms with van der Waals surface area (Å²) in [6.45, 7) is 6.34. The van der Waals surface area contributed by atoms with E-state index in [1.54, 1.807) is 7.11 Å². The Morgan fingerprint density at radius 1 is 1.23 bits per heavy atom. The quantitative estimate of drug-likeness (QED) is 0.467. The van der Waals surface area contributed by atoms with Gasteiger partial charge in [0, 0.05) is 0 Å². The topological polar surface area (TPSA) is 35.5 Å². The summed E-state index contributed by atoms with van der Waals surface area (Å²) in [5.74, 6) is 0.794. The Labute approximate surface area is 138 Å². The molecule has 3 nitrogen and oxygen atoms in total. The van der Waals surface area contributed by atoms with Gasteiger partial charge in [0.25, 0.3) is 0 Å². The van der Waals surface area contributed by atoms with Crippen molar-refractivity contribution in [2.75, 3.05) is 7.11 Å². The van der Waals surface area contributed by atoms with Gasteiger partial charge in [0.05, 0.1) is 13.2 Å². The Bertz CT molecular complexity index is 560. The first kappa shape index (κ1) is 17.3. The zero-order chi connectivity index (χ0) is 16.3. The van der Waals surface area contributed by atoms with Crippen LogP contribution in [0.25, 0.3) is 6.08 Å². The molecule has 1 aliphatic carbocycles. The number of rotatable bonds is 4. The number of hydrogen-bond donors (Lipinski definition) is 0. The smallest absolute Gasteiger partial charge is 0.184 e. The van der Waals surface area contributed by atoms with Crippen molar-refractivity contribution in [1.82, 2.24) is 0 Å². The molecule has 1 aromatic rings. The molecule has 120 valence electrons. The summed E-state index contributed by atoms with van der Waals surface area (Å²) in [5.41, 5.74) is 1.76. The van der Waals surface area contributed by atoms with E-state index in [1.807, 2.05) is 30.3 Å². The molecular weight excluding hydrogens is 316 g/mol. The monoisotopic (exact) mass is 338 g/mol. The number of ketones is 1. The van der Waals surface area contributed by atoms with Gasteiger partial charge in [0.15, 0.2) is 14.1 Å². The van der Waals surface area contributed by atoms with Gasteiger partial charge < -0.3 is 9.16 Å². The SMILES string of the molecule is COc1ccc(C=C2CCC(O[Si](C)(C)C)C(Cl)C2=O)cc1. The standard InChI is InChI=1S/C17H23ClO3Si/c1-20-14-8-5-12(6-9-14)11-13-7-10-15(16(18)17(13)19)21-22(2,3)4/h5-6,8-9,11,15-16H,7,10H2,1-4H3. The van der Waals surface area contributed by atoms with Gasteiger partial charge in [0.1, 0.15) is 11.1 Å². The Morgan fingerprint density at radius 3 is 2.41 bits per heavy atom. The van der Waals surface area contributed by atoms with Crippen LogP contribution in [-0.4, -0.2) is 32.7 Å². The molecule has 1 saturated carbocycles. The summed E-state index contributed by atoms with van der Waals surface area (Å²) in [4.78, 5) is 12.5. The van der Waals surface area contributed by atoms with E-state index in [2.05, 4.69) is 19.6 Å². The summed E-state index contributed by atoms with van der Waals surface area (Å²) in [6.07, 6.45) is 3.27. The number of Topliss-reactive ketones (excluding diaryl/α,β-unsaturated/α-hetero) is 1. The van der Waals surface area contributed by atoms with Gasteiger partial charge in [0.2, 0.25) is 0 Å². The van der Waals surface area contributed by atoms with Crippen LogP contribution in [-0.2, 0) is 9.22 Å². The average Bonchev–Trinajstić information content (AvgIpc) is 2.46. The van der Waals surface area contributed by atoms with Crippen molar-refractivity contribution in [3.05, 3.63) is 35.4 Å². The van der Waals surface area contributed by atoms with Crippen molar-refractivity contribution >= 4 is 31.8 Å². The summed E-state index contributed by atoms with van der Waals surface area (Å²) >= 11 is 6.33.